The summed E-state index contributed by atoms with van der Waals surface area (Å²) in [7, 11) is 0. The molecule has 0 aliphatic carbocycles. The summed E-state index contributed by atoms with van der Waals surface area (Å²) in [5.41, 5.74) is 2.10. The number of urea groups is 2. The molecule has 0 radical (unpaired) electrons. The van der Waals surface area contributed by atoms with E-state index in [9.17, 15) is 19.6 Å². The van der Waals surface area contributed by atoms with Crippen molar-refractivity contribution in [2.75, 3.05) is 16.8 Å². The Kier molecular flexibility index (Phi) is 7.02. The molecule has 1 aliphatic heterocycles. The average molecular weight is 491 g/mol. The number of hydrogen-bond donors (Lipinski definition) is 3. The minimum Gasteiger partial charge on any atom is -0.463 e. The minimum atomic E-state index is -1.18. The molecule has 0 saturated carbocycles. The van der Waals surface area contributed by atoms with Gasteiger partial charge in [0.1, 0.15) is 12.3 Å². The first-order valence-electron chi connectivity index (χ1n) is 11.1. The van der Waals surface area contributed by atoms with Crippen LogP contribution in [0.3, 0.4) is 0 Å². The number of carbonyl (C=O) groups is 3. The van der Waals surface area contributed by atoms with Gasteiger partial charge in [-0.15, -0.1) is 0 Å². The molecular weight excluding hydrogens is 464 g/mol. The fourth-order valence-corrected chi connectivity index (χ4v) is 3.98. The van der Waals surface area contributed by atoms with Crippen LogP contribution in [0.2, 0.25) is 0 Å². The standard InChI is InChI=1S/C25H26N6O5/c1-25(2)22(31(35)23(33)27-18-10-5-3-6-11-18)30(19-12-7-4-8-13-19)24(34)29(25)17-21(32)28-26-16-20-14-9-15-36-20/h3-16,22,35H,17H2,1-2H3,(H,27,33)(H,28,32)/b26-16+. The molecule has 0 spiro atoms. The van der Waals surface area contributed by atoms with Crippen molar-refractivity contribution in [3.63, 3.8) is 0 Å². The molecule has 3 N–H and O–H groups in total. The molecule has 5 amide bonds. The second-order valence-corrected chi connectivity index (χ2v) is 8.55. The molecule has 4 rings (SSSR count). The van der Waals surface area contributed by atoms with Crippen molar-refractivity contribution < 1.29 is 24.0 Å². The van der Waals surface area contributed by atoms with Crippen LogP contribution in [0.5, 0.6) is 0 Å². The number of rotatable bonds is 7. The summed E-state index contributed by atoms with van der Waals surface area (Å²) >= 11 is 0. The Morgan fingerprint density at radius 2 is 1.75 bits per heavy atom. The van der Waals surface area contributed by atoms with Crippen molar-refractivity contribution in [1.82, 2.24) is 15.4 Å². The van der Waals surface area contributed by atoms with Crippen LogP contribution in [0.1, 0.15) is 19.6 Å². The Morgan fingerprint density at radius 3 is 2.39 bits per heavy atom. The molecule has 1 fully saturated rings. The number of hydroxylamine groups is 2. The zero-order valence-electron chi connectivity index (χ0n) is 19.7. The highest BCUT2D eigenvalue weighted by molar-refractivity contribution is 6.00. The van der Waals surface area contributed by atoms with Crippen LogP contribution in [-0.2, 0) is 4.79 Å². The lowest BCUT2D eigenvalue weighted by atomic mass is 9.99. The third-order valence-corrected chi connectivity index (χ3v) is 5.73. The lowest BCUT2D eigenvalue weighted by Crippen LogP contribution is -2.58. The normalized spacial score (nSPS) is 16.9. The van der Waals surface area contributed by atoms with Gasteiger partial charge in [0, 0.05) is 11.4 Å². The monoisotopic (exact) mass is 490 g/mol. The number of carbonyl (C=O) groups excluding carboxylic acids is 3. The summed E-state index contributed by atoms with van der Waals surface area (Å²) in [5, 5.41) is 18.0. The Labute approximate surface area is 207 Å². The van der Waals surface area contributed by atoms with Crippen LogP contribution in [0.15, 0.2) is 88.6 Å². The van der Waals surface area contributed by atoms with Gasteiger partial charge in [0.2, 0.25) is 0 Å². The quantitative estimate of drug-likeness (QED) is 0.264. The molecule has 2 heterocycles. The lowest BCUT2D eigenvalue weighted by Gasteiger charge is -2.38. The molecule has 0 bridgehead atoms. The maximum absolute atomic E-state index is 13.6. The van der Waals surface area contributed by atoms with E-state index in [0.717, 1.165) is 0 Å². The van der Waals surface area contributed by atoms with Crippen molar-refractivity contribution in [3.8, 4) is 0 Å². The van der Waals surface area contributed by atoms with Crippen molar-refractivity contribution >= 4 is 35.6 Å². The van der Waals surface area contributed by atoms with Gasteiger partial charge in [-0.1, -0.05) is 36.4 Å². The molecule has 36 heavy (non-hydrogen) atoms. The smallest absolute Gasteiger partial charge is 0.347 e. The molecule has 2 aromatic carbocycles. The second kappa shape index (κ2) is 10.3. The van der Waals surface area contributed by atoms with Gasteiger partial charge in [0.15, 0.2) is 6.17 Å². The number of para-hydroxylation sites is 2. The van der Waals surface area contributed by atoms with Crippen LogP contribution >= 0.6 is 0 Å². The largest absolute Gasteiger partial charge is 0.463 e. The molecule has 3 aromatic rings. The van der Waals surface area contributed by atoms with E-state index in [1.165, 1.54) is 22.3 Å². The molecule has 1 aromatic heterocycles. The van der Waals surface area contributed by atoms with Crippen molar-refractivity contribution in [2.24, 2.45) is 5.10 Å². The number of nitrogens with zero attached hydrogens (tertiary/aromatic N) is 4. The Hall–Kier alpha value is -4.64. The number of hydrogen-bond acceptors (Lipinski definition) is 6. The van der Waals surface area contributed by atoms with E-state index < -0.39 is 29.7 Å². The van der Waals surface area contributed by atoms with Crippen LogP contribution in [0.25, 0.3) is 0 Å². The summed E-state index contributed by atoms with van der Waals surface area (Å²) < 4.78 is 5.12. The van der Waals surface area contributed by atoms with Crippen LogP contribution in [-0.4, -0.2) is 57.6 Å². The Balaban J connectivity index is 1.58. The molecule has 186 valence electrons. The number of amides is 5. The predicted octanol–water partition coefficient (Wildman–Crippen LogP) is 3.70. The van der Waals surface area contributed by atoms with Gasteiger partial charge < -0.3 is 14.6 Å². The first kappa shape index (κ1) is 24.5. The number of nitrogens with one attached hydrogen (secondary N) is 2. The topological polar surface area (TPSA) is 131 Å². The van der Waals surface area contributed by atoms with E-state index in [-0.39, 0.29) is 6.54 Å². The highest BCUT2D eigenvalue weighted by atomic mass is 16.5. The molecule has 1 saturated heterocycles. The first-order chi connectivity index (χ1) is 17.3. The Morgan fingerprint density at radius 1 is 1.08 bits per heavy atom. The van der Waals surface area contributed by atoms with E-state index in [1.54, 1.807) is 86.6 Å². The molecule has 11 heteroatoms. The van der Waals surface area contributed by atoms with E-state index in [2.05, 4.69) is 15.8 Å². The third-order valence-electron chi connectivity index (χ3n) is 5.73. The second-order valence-electron chi connectivity index (χ2n) is 8.55. The van der Waals surface area contributed by atoms with Gasteiger partial charge in [0.05, 0.1) is 18.0 Å². The van der Waals surface area contributed by atoms with Crippen molar-refractivity contribution in [1.29, 1.82) is 0 Å². The maximum atomic E-state index is 13.6. The summed E-state index contributed by atoms with van der Waals surface area (Å²) in [5.74, 6) is -0.116. The zero-order valence-corrected chi connectivity index (χ0v) is 19.7. The van der Waals surface area contributed by atoms with E-state index >= 15 is 0 Å². The lowest BCUT2D eigenvalue weighted by molar-refractivity contribution is -0.124. The summed E-state index contributed by atoms with van der Waals surface area (Å²) in [6, 6.07) is 19.2. The summed E-state index contributed by atoms with van der Waals surface area (Å²) in [6.45, 7) is 2.96. The van der Waals surface area contributed by atoms with E-state index in [0.29, 0.717) is 22.2 Å². The summed E-state index contributed by atoms with van der Waals surface area (Å²) in [4.78, 5) is 41.7. The number of hydrazone groups is 1. The molecule has 1 unspecified atom stereocenters. The minimum absolute atomic E-state index is 0.366. The van der Waals surface area contributed by atoms with Gasteiger partial charge in [-0.3, -0.25) is 14.9 Å². The van der Waals surface area contributed by atoms with Gasteiger partial charge in [0.25, 0.3) is 5.91 Å². The first-order valence-corrected chi connectivity index (χ1v) is 11.1. The SMILES string of the molecule is CC1(C)C(N(O)C(=O)Nc2ccccc2)N(c2ccccc2)C(=O)N1CC(=O)N/N=C/c1ccco1. The fraction of sp³-hybridized carbons (Fsp3) is 0.200. The maximum Gasteiger partial charge on any atom is 0.347 e. The van der Waals surface area contributed by atoms with Crippen molar-refractivity contribution in [2.45, 2.75) is 25.6 Å². The van der Waals surface area contributed by atoms with Gasteiger partial charge in [-0.2, -0.15) is 10.2 Å². The van der Waals surface area contributed by atoms with Crippen LogP contribution in [0.4, 0.5) is 21.0 Å². The molecular formula is C25H26N6O5. The zero-order chi connectivity index (χ0) is 25.7. The van der Waals surface area contributed by atoms with Gasteiger partial charge in [-0.05, 0) is 50.2 Å². The molecule has 1 aliphatic rings. The Bertz CT molecular complexity index is 1230. The van der Waals surface area contributed by atoms with Crippen LogP contribution < -0.4 is 15.6 Å². The predicted molar refractivity (Wildman–Crippen MR) is 132 cm³/mol. The molecule has 1 atom stereocenters. The fourth-order valence-electron chi connectivity index (χ4n) is 3.98. The van der Waals surface area contributed by atoms with Gasteiger partial charge >= 0.3 is 12.1 Å². The summed E-state index contributed by atoms with van der Waals surface area (Å²) in [6.07, 6.45) is 1.65. The number of anilines is 2. The number of benzene rings is 2. The third kappa shape index (κ3) is 5.05. The molecule has 11 nitrogen and oxygen atoms in total. The van der Waals surface area contributed by atoms with Gasteiger partial charge in [-0.25, -0.2) is 15.0 Å². The highest BCUT2D eigenvalue weighted by Gasteiger charge is 2.56. The highest BCUT2D eigenvalue weighted by Crippen LogP contribution is 2.37. The van der Waals surface area contributed by atoms with E-state index in [1.807, 2.05) is 0 Å². The van der Waals surface area contributed by atoms with Crippen LogP contribution in [0, 0.1) is 0 Å². The van der Waals surface area contributed by atoms with E-state index in [4.69, 9.17) is 4.42 Å². The van der Waals surface area contributed by atoms with Crippen molar-refractivity contribution in [3.05, 3.63) is 84.8 Å². The number of furan rings is 1. The average Bonchev–Trinajstić information content (AvgIpc) is 3.45.